The van der Waals surface area contributed by atoms with Gasteiger partial charge in [-0.15, -0.1) is 0 Å². The zero-order chi connectivity index (χ0) is 15.5. The second-order valence-corrected chi connectivity index (χ2v) is 5.04. The quantitative estimate of drug-likeness (QED) is 0.572. The largest absolute Gasteiger partial charge is 0.508 e. The van der Waals surface area contributed by atoms with Gasteiger partial charge in [0.05, 0.1) is 0 Å². The van der Waals surface area contributed by atoms with Gasteiger partial charge in [0.1, 0.15) is 5.75 Å². The van der Waals surface area contributed by atoms with E-state index in [4.69, 9.17) is 5.73 Å². The summed E-state index contributed by atoms with van der Waals surface area (Å²) in [6.45, 7) is 0. The fourth-order valence-corrected chi connectivity index (χ4v) is 2.47. The number of hydrogen-bond donors (Lipinski definition) is 2. The molecule has 1 amide bonds. The Kier molecular flexibility index (Phi) is 3.62. The molecule has 0 saturated carbocycles. The van der Waals surface area contributed by atoms with Crippen LogP contribution < -0.4 is 5.73 Å². The molecule has 0 aliphatic rings. The molecule has 0 spiro atoms. The van der Waals surface area contributed by atoms with Crippen LogP contribution in [-0.2, 0) is 4.79 Å². The summed E-state index contributed by atoms with van der Waals surface area (Å²) >= 11 is 0. The molecule has 0 radical (unpaired) electrons. The number of rotatable bonds is 3. The Morgan fingerprint density at radius 2 is 1.59 bits per heavy atom. The second-order valence-electron chi connectivity index (χ2n) is 5.04. The summed E-state index contributed by atoms with van der Waals surface area (Å²) in [6.07, 6.45) is 1.79. The molecular weight excluding hydrogens is 274 g/mol. The number of fused-ring (bicyclic) bond motifs is 1. The molecule has 0 unspecified atom stereocenters. The number of phenols is 1. The van der Waals surface area contributed by atoms with Gasteiger partial charge in [-0.3, -0.25) is 4.79 Å². The molecule has 0 fully saturated rings. The molecule has 3 nitrogen and oxygen atoms in total. The Labute approximate surface area is 128 Å². The van der Waals surface area contributed by atoms with Crippen molar-refractivity contribution < 1.29 is 9.90 Å². The van der Waals surface area contributed by atoms with Crippen molar-refractivity contribution in [2.24, 2.45) is 5.73 Å². The van der Waals surface area contributed by atoms with Crippen molar-refractivity contribution in [2.45, 2.75) is 0 Å². The Bertz CT molecular complexity index is 859. The Morgan fingerprint density at radius 3 is 2.32 bits per heavy atom. The molecule has 3 rings (SSSR count). The first-order valence-corrected chi connectivity index (χ1v) is 6.94. The minimum absolute atomic E-state index is 0.151. The summed E-state index contributed by atoms with van der Waals surface area (Å²) in [6, 6.07) is 20.3. The van der Waals surface area contributed by atoms with Crippen molar-refractivity contribution in [3.05, 3.63) is 77.9 Å². The number of benzene rings is 3. The van der Waals surface area contributed by atoms with E-state index in [-0.39, 0.29) is 5.75 Å². The third-order valence-electron chi connectivity index (χ3n) is 3.57. The van der Waals surface area contributed by atoms with Crippen LogP contribution >= 0.6 is 0 Å². The number of carbonyl (C=O) groups is 1. The van der Waals surface area contributed by atoms with Gasteiger partial charge in [0.15, 0.2) is 0 Å². The maximum atomic E-state index is 11.8. The van der Waals surface area contributed by atoms with Crippen LogP contribution in [0.5, 0.6) is 5.75 Å². The third kappa shape index (κ3) is 2.69. The van der Waals surface area contributed by atoms with Gasteiger partial charge in [0.2, 0.25) is 5.91 Å². The monoisotopic (exact) mass is 289 g/mol. The van der Waals surface area contributed by atoms with E-state index < -0.39 is 5.91 Å². The Morgan fingerprint density at radius 1 is 0.909 bits per heavy atom. The minimum Gasteiger partial charge on any atom is -0.508 e. The van der Waals surface area contributed by atoms with Crippen molar-refractivity contribution in [3.8, 4) is 5.75 Å². The maximum Gasteiger partial charge on any atom is 0.249 e. The van der Waals surface area contributed by atoms with Gasteiger partial charge in [-0.25, -0.2) is 0 Å². The number of aromatic hydroxyl groups is 1. The summed E-state index contributed by atoms with van der Waals surface area (Å²) in [5, 5.41) is 11.5. The van der Waals surface area contributed by atoms with Gasteiger partial charge in [-0.1, -0.05) is 54.6 Å². The fraction of sp³-hybridized carbons (Fsp3) is 0. The van der Waals surface area contributed by atoms with E-state index in [2.05, 4.69) is 0 Å². The first-order valence-electron chi connectivity index (χ1n) is 6.94. The first-order chi connectivity index (χ1) is 10.6. The van der Waals surface area contributed by atoms with E-state index >= 15 is 0 Å². The van der Waals surface area contributed by atoms with E-state index in [1.165, 1.54) is 12.1 Å². The van der Waals surface area contributed by atoms with Gasteiger partial charge < -0.3 is 10.8 Å². The van der Waals surface area contributed by atoms with Crippen LogP contribution in [0.4, 0.5) is 0 Å². The fourth-order valence-electron chi connectivity index (χ4n) is 2.47. The molecule has 0 heterocycles. The Balaban J connectivity index is 2.17. The van der Waals surface area contributed by atoms with Gasteiger partial charge in [0.25, 0.3) is 0 Å². The summed E-state index contributed by atoms with van der Waals surface area (Å²) in [7, 11) is 0. The lowest BCUT2D eigenvalue weighted by molar-refractivity contribution is -0.112. The van der Waals surface area contributed by atoms with Gasteiger partial charge >= 0.3 is 0 Å². The van der Waals surface area contributed by atoms with Gasteiger partial charge in [-0.2, -0.15) is 0 Å². The van der Waals surface area contributed by atoms with Crippen molar-refractivity contribution in [1.82, 2.24) is 0 Å². The summed E-state index contributed by atoms with van der Waals surface area (Å²) < 4.78 is 0. The maximum absolute atomic E-state index is 11.8. The molecule has 0 atom stereocenters. The highest BCUT2D eigenvalue weighted by Gasteiger charge is 2.09. The highest BCUT2D eigenvalue weighted by atomic mass is 16.3. The summed E-state index contributed by atoms with van der Waals surface area (Å²) in [5.41, 5.74) is 7.55. The third-order valence-corrected chi connectivity index (χ3v) is 3.57. The molecule has 108 valence electrons. The summed E-state index contributed by atoms with van der Waals surface area (Å²) in [5.74, 6) is -0.351. The van der Waals surface area contributed by atoms with E-state index in [1.807, 2.05) is 42.5 Å². The zero-order valence-corrected chi connectivity index (χ0v) is 11.9. The lowest BCUT2D eigenvalue weighted by Gasteiger charge is -2.07. The standard InChI is InChI=1S/C19H15NO2/c20-19(22)18(14-8-10-16(21)11-9-14)12-15-6-3-5-13-4-1-2-7-17(13)15/h1-12,21H,(H2,20,22). The second kappa shape index (κ2) is 5.74. The molecular formula is C19H15NO2. The molecule has 0 bridgehead atoms. The molecule has 0 aromatic heterocycles. The SMILES string of the molecule is NC(=O)C(=Cc1cccc2ccccc12)c1ccc(O)cc1. The molecule has 22 heavy (non-hydrogen) atoms. The van der Waals surface area contributed by atoms with Crippen molar-refractivity contribution >= 4 is 28.3 Å². The van der Waals surface area contributed by atoms with Crippen LogP contribution in [0.2, 0.25) is 0 Å². The van der Waals surface area contributed by atoms with Crippen molar-refractivity contribution in [2.75, 3.05) is 0 Å². The smallest absolute Gasteiger partial charge is 0.249 e. The number of carbonyl (C=O) groups excluding carboxylic acids is 1. The van der Waals surface area contributed by atoms with Gasteiger partial charge in [0, 0.05) is 5.57 Å². The van der Waals surface area contributed by atoms with Crippen LogP contribution in [0.1, 0.15) is 11.1 Å². The normalized spacial score (nSPS) is 11.5. The van der Waals surface area contributed by atoms with Crippen LogP contribution in [-0.4, -0.2) is 11.0 Å². The highest BCUT2D eigenvalue weighted by molar-refractivity contribution is 6.24. The van der Waals surface area contributed by atoms with Crippen LogP contribution in [0.25, 0.3) is 22.4 Å². The predicted molar refractivity (Wildman–Crippen MR) is 89.1 cm³/mol. The number of amides is 1. The molecule has 0 aliphatic heterocycles. The number of hydrogen-bond acceptors (Lipinski definition) is 2. The first kappa shape index (κ1) is 13.9. The lowest BCUT2D eigenvalue weighted by Crippen LogP contribution is -2.12. The van der Waals surface area contributed by atoms with Crippen LogP contribution in [0.3, 0.4) is 0 Å². The van der Waals surface area contributed by atoms with E-state index in [0.29, 0.717) is 11.1 Å². The van der Waals surface area contributed by atoms with Gasteiger partial charge in [-0.05, 0) is 40.1 Å². The average molecular weight is 289 g/mol. The van der Waals surface area contributed by atoms with Crippen molar-refractivity contribution in [3.63, 3.8) is 0 Å². The molecule has 3 N–H and O–H groups in total. The molecule has 0 aliphatic carbocycles. The highest BCUT2D eigenvalue weighted by Crippen LogP contribution is 2.25. The molecule has 0 saturated heterocycles. The summed E-state index contributed by atoms with van der Waals surface area (Å²) in [4.78, 5) is 11.8. The topological polar surface area (TPSA) is 63.3 Å². The zero-order valence-electron chi connectivity index (χ0n) is 11.9. The minimum atomic E-state index is -0.501. The lowest BCUT2D eigenvalue weighted by atomic mass is 9.98. The molecule has 3 heteroatoms. The Hall–Kier alpha value is -3.07. The van der Waals surface area contributed by atoms with E-state index in [0.717, 1.165) is 16.3 Å². The molecule has 3 aromatic rings. The number of primary amides is 1. The predicted octanol–water partition coefficient (Wildman–Crippen LogP) is 3.57. The van der Waals surface area contributed by atoms with E-state index in [9.17, 15) is 9.90 Å². The average Bonchev–Trinajstić information content (AvgIpc) is 2.53. The number of nitrogens with two attached hydrogens (primary N) is 1. The molecule has 3 aromatic carbocycles. The van der Waals surface area contributed by atoms with Crippen LogP contribution in [0, 0.1) is 0 Å². The number of phenolic OH excluding ortho intramolecular Hbond substituents is 1. The van der Waals surface area contributed by atoms with Crippen LogP contribution in [0.15, 0.2) is 66.7 Å². The van der Waals surface area contributed by atoms with Crippen molar-refractivity contribution in [1.29, 1.82) is 0 Å². The van der Waals surface area contributed by atoms with E-state index in [1.54, 1.807) is 18.2 Å².